The van der Waals surface area contributed by atoms with Gasteiger partial charge in [-0.15, -0.1) is 24.0 Å². The van der Waals surface area contributed by atoms with Gasteiger partial charge in [0.15, 0.2) is 17.5 Å². The highest BCUT2D eigenvalue weighted by Crippen LogP contribution is 2.26. The number of nitrogens with zero attached hydrogens (tertiary/aromatic N) is 2. The van der Waals surface area contributed by atoms with E-state index in [1.54, 1.807) is 14.2 Å². The third-order valence-corrected chi connectivity index (χ3v) is 4.82. The Kier molecular flexibility index (Phi) is 11.2. The van der Waals surface area contributed by atoms with Crippen LogP contribution in [0.25, 0.3) is 0 Å². The molecular weight excluding hydrogens is 483 g/mol. The van der Waals surface area contributed by atoms with E-state index in [-0.39, 0.29) is 41.9 Å². The zero-order valence-electron chi connectivity index (χ0n) is 18.1. The summed E-state index contributed by atoms with van der Waals surface area (Å²) in [6, 6.07) is 7.93. The Bertz CT molecular complexity index is 661. The largest absolute Gasteiger partial charge is 0.493 e. The Labute approximate surface area is 191 Å². The Morgan fingerprint density at radius 2 is 1.83 bits per heavy atom. The van der Waals surface area contributed by atoms with Crippen molar-refractivity contribution in [1.29, 1.82) is 0 Å². The molecule has 2 N–H and O–H groups in total. The van der Waals surface area contributed by atoms with Crippen LogP contribution in [0.2, 0.25) is 0 Å². The van der Waals surface area contributed by atoms with Crippen molar-refractivity contribution in [2.75, 3.05) is 33.8 Å². The molecule has 0 aliphatic carbocycles. The van der Waals surface area contributed by atoms with E-state index in [0.717, 1.165) is 43.4 Å². The smallest absolute Gasteiger partial charge is 0.225 e. The molecule has 1 amide bonds. The van der Waals surface area contributed by atoms with Gasteiger partial charge < -0.3 is 25.0 Å². The van der Waals surface area contributed by atoms with Crippen LogP contribution in [0.1, 0.15) is 33.6 Å². The molecule has 8 heteroatoms. The van der Waals surface area contributed by atoms with Crippen molar-refractivity contribution in [2.24, 2.45) is 10.9 Å². The first-order valence-corrected chi connectivity index (χ1v) is 10.00. The summed E-state index contributed by atoms with van der Waals surface area (Å²) in [5.74, 6) is 2.50. The van der Waals surface area contributed by atoms with Gasteiger partial charge in [-0.2, -0.15) is 0 Å². The highest BCUT2D eigenvalue weighted by Gasteiger charge is 2.24. The van der Waals surface area contributed by atoms with Crippen LogP contribution >= 0.6 is 24.0 Å². The number of likely N-dealkylation sites (tertiary alicyclic amines) is 1. The highest BCUT2D eigenvalue weighted by molar-refractivity contribution is 14.0. The van der Waals surface area contributed by atoms with Crippen molar-refractivity contribution in [2.45, 2.75) is 45.8 Å². The van der Waals surface area contributed by atoms with Gasteiger partial charge in [0.2, 0.25) is 5.91 Å². The first kappa shape index (κ1) is 25.3. The topological polar surface area (TPSA) is 75.2 Å². The lowest BCUT2D eigenvalue weighted by atomic mass is 10.0. The van der Waals surface area contributed by atoms with Crippen molar-refractivity contribution in [3.05, 3.63) is 24.3 Å². The molecule has 1 aliphatic rings. The van der Waals surface area contributed by atoms with Crippen LogP contribution in [0.5, 0.6) is 11.5 Å². The molecule has 1 atom stereocenters. The fourth-order valence-corrected chi connectivity index (χ4v) is 3.21. The predicted octanol–water partition coefficient (Wildman–Crippen LogP) is 2.89. The summed E-state index contributed by atoms with van der Waals surface area (Å²) >= 11 is 0. The lowest BCUT2D eigenvalue weighted by Gasteiger charge is -2.34. The normalized spacial score (nSPS) is 16.1. The third kappa shape index (κ3) is 7.91. The van der Waals surface area contributed by atoms with Crippen molar-refractivity contribution >= 4 is 35.8 Å². The molecule has 1 unspecified atom stereocenters. The van der Waals surface area contributed by atoms with E-state index < -0.39 is 0 Å². The lowest BCUT2D eigenvalue weighted by Crippen LogP contribution is -2.51. The number of hydrogen-bond acceptors (Lipinski definition) is 4. The molecule has 1 fully saturated rings. The van der Waals surface area contributed by atoms with E-state index in [1.165, 1.54) is 0 Å². The quantitative estimate of drug-likeness (QED) is 0.330. The number of nitrogens with one attached hydrogen (secondary N) is 2. The van der Waals surface area contributed by atoms with Crippen LogP contribution in [-0.4, -0.2) is 62.7 Å². The standard InChI is InChI=1S/C21H34N4O3.HI/c1-15(2)20(26)25-12-10-17(11-13-25)24-21(22-4)23-14-16(3)28-19-9-7-6-8-18(19)27-5;/h6-9,15-17H,10-14H2,1-5H3,(H2,22,23,24);1H. The van der Waals surface area contributed by atoms with E-state index in [0.29, 0.717) is 12.6 Å². The molecule has 1 aliphatic heterocycles. The summed E-state index contributed by atoms with van der Waals surface area (Å²) in [5.41, 5.74) is 0. The second-order valence-corrected chi connectivity index (χ2v) is 7.43. The number of piperidine rings is 1. The zero-order valence-corrected chi connectivity index (χ0v) is 20.4. The van der Waals surface area contributed by atoms with Gasteiger partial charge >= 0.3 is 0 Å². The van der Waals surface area contributed by atoms with Crippen LogP contribution in [0.15, 0.2) is 29.3 Å². The number of ether oxygens (including phenoxy) is 2. The molecule has 1 aromatic rings. The molecule has 1 saturated heterocycles. The molecule has 1 aromatic carbocycles. The van der Waals surface area contributed by atoms with Gasteiger partial charge in [-0.3, -0.25) is 9.79 Å². The highest BCUT2D eigenvalue weighted by atomic mass is 127. The molecular formula is C21H35IN4O3. The number of methoxy groups -OCH3 is 1. The van der Waals surface area contributed by atoms with Gasteiger partial charge in [0.1, 0.15) is 6.10 Å². The number of benzene rings is 1. The average molecular weight is 518 g/mol. The minimum absolute atomic E-state index is 0. The van der Waals surface area contributed by atoms with E-state index in [9.17, 15) is 4.79 Å². The summed E-state index contributed by atoms with van der Waals surface area (Å²) < 4.78 is 11.3. The van der Waals surface area contributed by atoms with Crippen LogP contribution in [-0.2, 0) is 4.79 Å². The summed E-state index contributed by atoms with van der Waals surface area (Å²) in [5, 5.41) is 6.78. The predicted molar refractivity (Wildman–Crippen MR) is 127 cm³/mol. The average Bonchev–Trinajstić information content (AvgIpc) is 2.71. The van der Waals surface area contributed by atoms with Crippen LogP contribution < -0.4 is 20.1 Å². The first-order chi connectivity index (χ1) is 13.4. The maximum Gasteiger partial charge on any atom is 0.225 e. The van der Waals surface area contributed by atoms with Crippen LogP contribution in [0.4, 0.5) is 0 Å². The molecule has 0 radical (unpaired) electrons. The molecule has 164 valence electrons. The van der Waals surface area contributed by atoms with E-state index in [4.69, 9.17) is 9.47 Å². The Balaban J connectivity index is 0.00000420. The van der Waals surface area contributed by atoms with Gasteiger partial charge in [0.25, 0.3) is 0 Å². The third-order valence-electron chi connectivity index (χ3n) is 4.82. The number of halogens is 1. The second-order valence-electron chi connectivity index (χ2n) is 7.43. The Morgan fingerprint density at radius 1 is 1.21 bits per heavy atom. The number of hydrogen-bond donors (Lipinski definition) is 2. The molecule has 0 saturated carbocycles. The monoisotopic (exact) mass is 518 g/mol. The van der Waals surface area contributed by atoms with Gasteiger partial charge in [-0.25, -0.2) is 0 Å². The molecule has 7 nitrogen and oxygen atoms in total. The van der Waals surface area contributed by atoms with E-state index >= 15 is 0 Å². The van der Waals surface area contributed by atoms with E-state index in [1.807, 2.05) is 49.9 Å². The first-order valence-electron chi connectivity index (χ1n) is 10.00. The number of carbonyl (C=O) groups is 1. The summed E-state index contributed by atoms with van der Waals surface area (Å²) in [6.45, 7) is 8.10. The second kappa shape index (κ2) is 12.8. The minimum atomic E-state index is -0.0552. The van der Waals surface area contributed by atoms with E-state index in [2.05, 4.69) is 15.6 Å². The minimum Gasteiger partial charge on any atom is -0.493 e. The number of carbonyl (C=O) groups excluding carboxylic acids is 1. The molecule has 0 aromatic heterocycles. The number of rotatable bonds is 7. The van der Waals surface area contributed by atoms with Gasteiger partial charge in [-0.05, 0) is 31.9 Å². The summed E-state index contributed by atoms with van der Waals surface area (Å²) in [7, 11) is 3.40. The van der Waals surface area contributed by atoms with Crippen molar-refractivity contribution < 1.29 is 14.3 Å². The number of aliphatic imine (C=N–C) groups is 1. The van der Waals surface area contributed by atoms with Gasteiger partial charge in [0.05, 0.1) is 13.7 Å². The molecule has 1 heterocycles. The van der Waals surface area contributed by atoms with Crippen molar-refractivity contribution in [3.63, 3.8) is 0 Å². The van der Waals surface area contributed by atoms with Gasteiger partial charge in [0, 0.05) is 32.1 Å². The van der Waals surface area contributed by atoms with Crippen LogP contribution in [0, 0.1) is 5.92 Å². The molecule has 29 heavy (non-hydrogen) atoms. The Morgan fingerprint density at radius 3 is 2.38 bits per heavy atom. The van der Waals surface area contributed by atoms with Gasteiger partial charge in [-0.1, -0.05) is 26.0 Å². The molecule has 2 rings (SSSR count). The maximum atomic E-state index is 12.1. The van der Waals surface area contributed by atoms with Crippen molar-refractivity contribution in [3.8, 4) is 11.5 Å². The van der Waals surface area contributed by atoms with Crippen molar-refractivity contribution in [1.82, 2.24) is 15.5 Å². The molecule has 0 spiro atoms. The van der Waals surface area contributed by atoms with Crippen LogP contribution in [0.3, 0.4) is 0 Å². The zero-order chi connectivity index (χ0) is 20.5. The number of amides is 1. The number of para-hydroxylation sites is 2. The summed E-state index contributed by atoms with van der Waals surface area (Å²) in [6.07, 6.45) is 1.79. The lowest BCUT2D eigenvalue weighted by molar-refractivity contribution is -0.135. The maximum absolute atomic E-state index is 12.1. The SMILES string of the molecule is CN=C(NCC(C)Oc1ccccc1OC)NC1CCN(C(=O)C(C)C)CC1.I. The fraction of sp³-hybridized carbons (Fsp3) is 0.619. The number of guanidine groups is 1. The fourth-order valence-electron chi connectivity index (χ4n) is 3.21. The Hall–Kier alpha value is -1.71. The molecule has 0 bridgehead atoms. The summed E-state index contributed by atoms with van der Waals surface area (Å²) in [4.78, 5) is 18.4.